The first-order valence-electron chi connectivity index (χ1n) is 6.89. The summed E-state index contributed by atoms with van der Waals surface area (Å²) in [6.45, 7) is 6.19. The molecule has 3 nitrogen and oxygen atoms in total. The molecule has 1 aromatic carbocycles. The highest BCUT2D eigenvalue weighted by Crippen LogP contribution is 2.45. The summed E-state index contributed by atoms with van der Waals surface area (Å²) in [5.74, 6) is 0.924. The van der Waals surface area contributed by atoms with Crippen LogP contribution in [0.1, 0.15) is 27.2 Å². The van der Waals surface area contributed by atoms with E-state index >= 15 is 0 Å². The van der Waals surface area contributed by atoms with Crippen molar-refractivity contribution in [1.29, 1.82) is 0 Å². The van der Waals surface area contributed by atoms with Gasteiger partial charge >= 0.3 is 0 Å². The van der Waals surface area contributed by atoms with Crippen LogP contribution in [0.3, 0.4) is 0 Å². The summed E-state index contributed by atoms with van der Waals surface area (Å²) in [7, 11) is 0. The summed E-state index contributed by atoms with van der Waals surface area (Å²) in [5, 5.41) is 6.63. The van der Waals surface area contributed by atoms with Gasteiger partial charge in [-0.1, -0.05) is 28.8 Å². The van der Waals surface area contributed by atoms with Gasteiger partial charge in [0.15, 0.2) is 0 Å². The van der Waals surface area contributed by atoms with Gasteiger partial charge in [-0.3, -0.25) is 4.79 Å². The highest BCUT2D eigenvalue weighted by Gasteiger charge is 2.51. The van der Waals surface area contributed by atoms with Crippen LogP contribution in [0.15, 0.2) is 40.5 Å². The molecule has 21 heavy (non-hydrogen) atoms. The number of halogens is 1. The predicted molar refractivity (Wildman–Crippen MR) is 90.2 cm³/mol. The van der Waals surface area contributed by atoms with Crippen molar-refractivity contribution < 1.29 is 4.79 Å². The normalized spacial score (nSPS) is 25.8. The molecule has 5 heteroatoms. The maximum absolute atomic E-state index is 13.0. The first-order chi connectivity index (χ1) is 9.94. The molecule has 2 heterocycles. The van der Waals surface area contributed by atoms with Crippen molar-refractivity contribution in [1.82, 2.24) is 0 Å². The topological polar surface area (TPSA) is 32.7 Å². The van der Waals surface area contributed by atoms with Gasteiger partial charge < -0.3 is 0 Å². The molecular weight excluding hydrogens is 304 g/mol. The van der Waals surface area contributed by atoms with Crippen molar-refractivity contribution in [3.05, 3.63) is 40.4 Å². The molecule has 1 atom stereocenters. The second-order valence-electron chi connectivity index (χ2n) is 5.64. The van der Waals surface area contributed by atoms with E-state index in [1.165, 1.54) is 16.2 Å². The van der Waals surface area contributed by atoms with Crippen molar-refractivity contribution in [3.63, 3.8) is 0 Å². The van der Waals surface area contributed by atoms with E-state index in [1.807, 2.05) is 19.1 Å². The lowest BCUT2D eigenvalue weighted by atomic mass is 9.92. The van der Waals surface area contributed by atoms with E-state index in [-0.39, 0.29) is 5.91 Å². The fourth-order valence-corrected chi connectivity index (χ4v) is 4.36. The lowest BCUT2D eigenvalue weighted by molar-refractivity contribution is -0.118. The number of benzene rings is 1. The average Bonchev–Trinajstić information content (AvgIpc) is 2.68. The third-order valence-electron chi connectivity index (χ3n) is 4.20. The highest BCUT2D eigenvalue weighted by atomic mass is 35.5. The maximum Gasteiger partial charge on any atom is 0.269 e. The molecule has 2 aliphatic rings. The lowest BCUT2D eigenvalue weighted by Crippen LogP contribution is -2.45. The van der Waals surface area contributed by atoms with Crippen LogP contribution >= 0.6 is 23.4 Å². The number of anilines is 1. The van der Waals surface area contributed by atoms with Crippen molar-refractivity contribution in [2.45, 2.75) is 31.9 Å². The minimum atomic E-state index is -0.536. The molecule has 0 unspecified atom stereocenters. The quantitative estimate of drug-likeness (QED) is 0.724. The van der Waals surface area contributed by atoms with E-state index in [9.17, 15) is 4.79 Å². The third kappa shape index (κ3) is 2.30. The summed E-state index contributed by atoms with van der Waals surface area (Å²) in [6.07, 6.45) is 0.745. The molecule has 2 aliphatic heterocycles. The zero-order chi connectivity index (χ0) is 15.2. The van der Waals surface area contributed by atoms with Crippen LogP contribution in [0.5, 0.6) is 0 Å². The molecule has 1 spiro atoms. The Labute approximate surface area is 134 Å². The van der Waals surface area contributed by atoms with E-state index in [0.717, 1.165) is 23.6 Å². The second-order valence-corrected chi connectivity index (χ2v) is 7.35. The maximum atomic E-state index is 13.0. The first kappa shape index (κ1) is 14.7. The predicted octanol–water partition coefficient (Wildman–Crippen LogP) is 4.27. The Morgan fingerprint density at radius 2 is 2.05 bits per heavy atom. The lowest BCUT2D eigenvalue weighted by Gasteiger charge is -2.32. The number of nitrogens with zero attached hydrogens (tertiary/aromatic N) is 2. The minimum absolute atomic E-state index is 0.0408. The number of carbonyl (C=O) groups excluding carboxylic acids is 1. The van der Waals surface area contributed by atoms with Crippen LogP contribution in [0.4, 0.5) is 5.69 Å². The smallest absolute Gasteiger partial charge is 0.269 e. The number of allylic oxidation sites excluding steroid dienone is 1. The number of thioether (sulfide) groups is 1. The van der Waals surface area contributed by atoms with E-state index < -0.39 is 4.75 Å². The van der Waals surface area contributed by atoms with Gasteiger partial charge in [0.1, 0.15) is 4.75 Å². The minimum Gasteiger partial charge on any atom is -0.270 e. The standard InChI is InChI=1S/C16H17ClN2OS/c1-10-8-16(21-9-11(10)2)12(3)18-19(15(16)20)14-6-4-5-13(17)7-14/h4-7H,8-9H2,1-3H3/t16-/m0/s1. The molecule has 0 saturated heterocycles. The average molecular weight is 321 g/mol. The van der Waals surface area contributed by atoms with E-state index in [0.29, 0.717) is 5.02 Å². The molecule has 0 fully saturated rings. The molecule has 3 rings (SSSR count). The Morgan fingerprint density at radius 3 is 2.71 bits per heavy atom. The molecule has 0 bridgehead atoms. The molecule has 0 radical (unpaired) electrons. The van der Waals surface area contributed by atoms with Crippen molar-refractivity contribution >= 4 is 40.7 Å². The van der Waals surface area contributed by atoms with E-state index in [1.54, 1.807) is 23.9 Å². The van der Waals surface area contributed by atoms with Gasteiger partial charge in [-0.2, -0.15) is 10.1 Å². The van der Waals surface area contributed by atoms with Crippen LogP contribution in [-0.4, -0.2) is 22.1 Å². The summed E-state index contributed by atoms with van der Waals surface area (Å²) < 4.78 is -0.536. The Bertz CT molecular complexity index is 683. The van der Waals surface area contributed by atoms with Crippen molar-refractivity contribution in [3.8, 4) is 0 Å². The summed E-state index contributed by atoms with van der Waals surface area (Å²) in [4.78, 5) is 13.0. The van der Waals surface area contributed by atoms with Gasteiger partial charge in [0.2, 0.25) is 0 Å². The summed E-state index contributed by atoms with van der Waals surface area (Å²) in [5.41, 5.74) is 4.27. The monoisotopic (exact) mass is 320 g/mol. The zero-order valence-electron chi connectivity index (χ0n) is 12.3. The van der Waals surface area contributed by atoms with Crippen molar-refractivity contribution in [2.24, 2.45) is 5.10 Å². The van der Waals surface area contributed by atoms with Gasteiger partial charge in [-0.05, 0) is 45.4 Å². The zero-order valence-corrected chi connectivity index (χ0v) is 13.9. The van der Waals surface area contributed by atoms with Gasteiger partial charge in [0.25, 0.3) is 5.91 Å². The second kappa shape index (κ2) is 5.18. The Hall–Kier alpha value is -1.26. The van der Waals surface area contributed by atoms with Gasteiger partial charge in [0.05, 0.1) is 11.4 Å². The van der Waals surface area contributed by atoms with Crippen molar-refractivity contribution in [2.75, 3.05) is 10.8 Å². The number of amides is 1. The van der Waals surface area contributed by atoms with Crippen LogP contribution in [-0.2, 0) is 4.79 Å². The first-order valence-corrected chi connectivity index (χ1v) is 8.25. The number of hydrogen-bond acceptors (Lipinski definition) is 3. The number of rotatable bonds is 1. The van der Waals surface area contributed by atoms with Crippen LogP contribution in [0.2, 0.25) is 5.02 Å². The van der Waals surface area contributed by atoms with Gasteiger partial charge in [0, 0.05) is 10.8 Å². The largest absolute Gasteiger partial charge is 0.270 e. The summed E-state index contributed by atoms with van der Waals surface area (Å²) >= 11 is 7.72. The third-order valence-corrected chi connectivity index (χ3v) is 6.12. The van der Waals surface area contributed by atoms with Crippen LogP contribution in [0.25, 0.3) is 0 Å². The molecule has 0 N–H and O–H groups in total. The highest BCUT2D eigenvalue weighted by molar-refractivity contribution is 8.02. The summed E-state index contributed by atoms with van der Waals surface area (Å²) in [6, 6.07) is 7.27. The molecule has 0 saturated carbocycles. The fraction of sp³-hybridized carbons (Fsp3) is 0.375. The number of carbonyl (C=O) groups is 1. The fourth-order valence-electron chi connectivity index (χ4n) is 2.68. The molecular formula is C16H17ClN2OS. The van der Waals surface area contributed by atoms with Gasteiger partial charge in [-0.15, -0.1) is 11.8 Å². The van der Waals surface area contributed by atoms with Crippen LogP contribution in [0, 0.1) is 0 Å². The Morgan fingerprint density at radius 1 is 1.29 bits per heavy atom. The number of hydrazone groups is 1. The Kier molecular flexibility index (Phi) is 3.62. The van der Waals surface area contributed by atoms with Gasteiger partial charge in [-0.25, -0.2) is 0 Å². The molecule has 1 amide bonds. The molecule has 0 aliphatic carbocycles. The van der Waals surface area contributed by atoms with E-state index in [2.05, 4.69) is 18.9 Å². The van der Waals surface area contributed by atoms with Crippen LogP contribution < -0.4 is 5.01 Å². The SMILES string of the molecule is CC1=NN(c2cccc(Cl)c2)C(=O)[C@]12CC(C)=C(C)CS2. The Balaban J connectivity index is 1.99. The molecule has 110 valence electrons. The van der Waals surface area contributed by atoms with E-state index in [4.69, 9.17) is 11.6 Å². The molecule has 1 aromatic rings. The number of hydrogen-bond donors (Lipinski definition) is 0. The molecule has 0 aromatic heterocycles.